The summed E-state index contributed by atoms with van der Waals surface area (Å²) in [5.74, 6) is 5.36. The van der Waals surface area contributed by atoms with Crippen molar-refractivity contribution in [2.75, 3.05) is 0 Å². The lowest BCUT2D eigenvalue weighted by molar-refractivity contribution is -0.199. The van der Waals surface area contributed by atoms with Gasteiger partial charge in [0, 0.05) is 6.42 Å². The average molecular weight is 427 g/mol. The Morgan fingerprint density at radius 3 is 2.48 bits per heavy atom. The Labute approximate surface area is 191 Å². The minimum Gasteiger partial charge on any atom is -0.458 e. The highest BCUT2D eigenvalue weighted by Gasteiger charge is 2.61. The zero-order valence-corrected chi connectivity index (χ0v) is 20.8. The van der Waals surface area contributed by atoms with Crippen molar-refractivity contribution in [2.24, 2.45) is 46.3 Å². The molecule has 4 fully saturated rings. The minimum absolute atomic E-state index is 0.0193. The van der Waals surface area contributed by atoms with Crippen LogP contribution >= 0.6 is 0 Å². The third-order valence-electron chi connectivity index (χ3n) is 11.2. The molecule has 3 saturated carbocycles. The Morgan fingerprint density at radius 1 is 1.00 bits per heavy atom. The molecule has 1 saturated heterocycles. The first kappa shape index (κ1) is 22.0. The van der Waals surface area contributed by atoms with Crippen LogP contribution in [0.5, 0.6) is 0 Å². The van der Waals surface area contributed by atoms with Gasteiger partial charge in [0.15, 0.2) is 0 Å². The van der Waals surface area contributed by atoms with Gasteiger partial charge in [0.1, 0.15) is 5.60 Å². The van der Waals surface area contributed by atoms with E-state index in [4.69, 9.17) is 4.74 Å². The summed E-state index contributed by atoms with van der Waals surface area (Å²) in [6.45, 7) is 12.6. The van der Waals surface area contributed by atoms with E-state index < -0.39 is 0 Å². The van der Waals surface area contributed by atoms with Crippen LogP contribution in [-0.4, -0.2) is 11.6 Å². The van der Waals surface area contributed by atoms with E-state index in [-0.39, 0.29) is 11.6 Å². The summed E-state index contributed by atoms with van der Waals surface area (Å²) in [5, 5.41) is 0. The van der Waals surface area contributed by atoms with E-state index in [0.717, 1.165) is 48.3 Å². The number of hydrogen-bond acceptors (Lipinski definition) is 2. The van der Waals surface area contributed by atoms with Crippen molar-refractivity contribution in [3.8, 4) is 0 Å². The summed E-state index contributed by atoms with van der Waals surface area (Å²) < 4.78 is 5.69. The van der Waals surface area contributed by atoms with Gasteiger partial charge in [0.25, 0.3) is 0 Å². The number of carbonyl (C=O) groups excluding carboxylic acids is 1. The smallest absolute Gasteiger partial charge is 0.310 e. The molecule has 1 spiro atoms. The second-order valence-electron chi connectivity index (χ2n) is 13.3. The highest BCUT2D eigenvalue weighted by atomic mass is 16.6. The molecule has 31 heavy (non-hydrogen) atoms. The highest BCUT2D eigenvalue weighted by Crippen LogP contribution is 2.68. The van der Waals surface area contributed by atoms with Gasteiger partial charge in [-0.05, 0) is 91.3 Å². The van der Waals surface area contributed by atoms with Gasteiger partial charge in [0.05, 0.1) is 6.42 Å². The van der Waals surface area contributed by atoms with E-state index in [2.05, 4.69) is 40.7 Å². The predicted molar refractivity (Wildman–Crippen MR) is 126 cm³/mol. The number of allylic oxidation sites excluding steroid dienone is 1. The van der Waals surface area contributed by atoms with Gasteiger partial charge in [-0.3, -0.25) is 4.79 Å². The standard InChI is InChI=1S/C29H46O2/c1-19(2)7-6-8-20(3)23-11-12-24-22-10-9-21-17-29(18-26(30)31-29)16-15-27(21,4)25(22)13-14-28(23,24)5/h9,19-20,22-25H,6-8,10-18H2,1-5H3/t20-,22+,23-,24+,25+,27+,28-,29+/m1/s1. The van der Waals surface area contributed by atoms with E-state index in [1.54, 1.807) is 5.57 Å². The second-order valence-corrected chi connectivity index (χ2v) is 13.3. The van der Waals surface area contributed by atoms with Crippen molar-refractivity contribution in [3.63, 3.8) is 0 Å². The van der Waals surface area contributed by atoms with Crippen LogP contribution in [0.2, 0.25) is 0 Å². The van der Waals surface area contributed by atoms with Crippen LogP contribution in [0.3, 0.4) is 0 Å². The lowest BCUT2D eigenvalue weighted by Crippen LogP contribution is -2.56. The molecule has 1 aliphatic heterocycles. The van der Waals surface area contributed by atoms with Crippen LogP contribution in [-0.2, 0) is 9.53 Å². The number of rotatable bonds is 5. The fourth-order valence-electron chi connectivity index (χ4n) is 9.46. The van der Waals surface area contributed by atoms with Crippen LogP contribution in [0.4, 0.5) is 0 Å². The second kappa shape index (κ2) is 7.63. The highest BCUT2D eigenvalue weighted by molar-refractivity contribution is 5.77. The fraction of sp³-hybridized carbons (Fsp3) is 0.897. The number of ether oxygens (including phenoxy) is 1. The number of fused-ring (bicyclic) bond motifs is 5. The molecule has 174 valence electrons. The molecular formula is C29H46O2. The van der Waals surface area contributed by atoms with Gasteiger partial charge in [0.2, 0.25) is 0 Å². The summed E-state index contributed by atoms with van der Waals surface area (Å²) in [6, 6.07) is 0. The molecule has 0 radical (unpaired) electrons. The average Bonchev–Trinajstić information content (AvgIpc) is 3.04. The van der Waals surface area contributed by atoms with Gasteiger partial charge in [-0.1, -0.05) is 65.5 Å². The summed E-state index contributed by atoms with van der Waals surface area (Å²) in [5.41, 5.74) is 2.45. The largest absolute Gasteiger partial charge is 0.458 e. The maximum atomic E-state index is 11.5. The van der Waals surface area contributed by atoms with E-state index in [1.165, 1.54) is 57.8 Å². The van der Waals surface area contributed by atoms with Gasteiger partial charge in [-0.2, -0.15) is 0 Å². The summed E-state index contributed by atoms with van der Waals surface area (Å²) in [6.07, 6.45) is 18.0. The molecule has 2 heteroatoms. The minimum atomic E-state index is -0.123. The Kier molecular flexibility index (Phi) is 5.42. The summed E-state index contributed by atoms with van der Waals surface area (Å²) in [4.78, 5) is 11.5. The van der Waals surface area contributed by atoms with Crippen LogP contribution in [0.1, 0.15) is 112 Å². The molecule has 0 N–H and O–H groups in total. The Bertz CT molecular complexity index is 742. The molecule has 0 aromatic carbocycles. The first-order valence-electron chi connectivity index (χ1n) is 13.6. The maximum Gasteiger partial charge on any atom is 0.310 e. The van der Waals surface area contributed by atoms with Gasteiger partial charge in [-0.15, -0.1) is 0 Å². The quantitative estimate of drug-likeness (QED) is 0.332. The van der Waals surface area contributed by atoms with Gasteiger partial charge >= 0.3 is 5.97 Å². The van der Waals surface area contributed by atoms with Crippen molar-refractivity contribution < 1.29 is 9.53 Å². The third kappa shape index (κ3) is 3.45. The van der Waals surface area contributed by atoms with Gasteiger partial charge < -0.3 is 4.74 Å². The maximum absolute atomic E-state index is 11.5. The topological polar surface area (TPSA) is 26.3 Å². The molecule has 0 amide bonds. The zero-order valence-electron chi connectivity index (χ0n) is 20.8. The van der Waals surface area contributed by atoms with Crippen molar-refractivity contribution in [1.29, 1.82) is 0 Å². The number of hydrogen-bond donors (Lipinski definition) is 0. The zero-order chi connectivity index (χ0) is 22.0. The van der Waals surface area contributed by atoms with E-state index >= 15 is 0 Å². The first-order valence-corrected chi connectivity index (χ1v) is 13.6. The molecule has 0 aromatic heterocycles. The summed E-state index contributed by atoms with van der Waals surface area (Å²) >= 11 is 0. The van der Waals surface area contributed by atoms with Crippen LogP contribution in [0.25, 0.3) is 0 Å². The molecule has 5 aliphatic rings. The normalized spacial score (nSPS) is 47.2. The van der Waals surface area contributed by atoms with E-state index in [9.17, 15) is 4.79 Å². The van der Waals surface area contributed by atoms with Crippen LogP contribution < -0.4 is 0 Å². The molecule has 8 atom stereocenters. The number of esters is 1. The van der Waals surface area contributed by atoms with E-state index in [1.807, 2.05) is 0 Å². The van der Waals surface area contributed by atoms with Crippen LogP contribution in [0.15, 0.2) is 11.6 Å². The first-order chi connectivity index (χ1) is 14.7. The van der Waals surface area contributed by atoms with Crippen LogP contribution in [0, 0.1) is 46.3 Å². The SMILES string of the molecule is CC(C)CCC[C@@H](C)[C@H]1CC[C@H]2[C@@H]3CC=C4C[C@@]5(CC[C@]4(C)[C@H]3CC[C@]12C)CC(=O)O5. The number of carbonyl (C=O) groups is 1. The molecule has 5 rings (SSSR count). The fourth-order valence-corrected chi connectivity index (χ4v) is 9.46. The molecule has 0 aromatic rings. The Hall–Kier alpha value is -0.790. The van der Waals surface area contributed by atoms with Crippen molar-refractivity contribution in [2.45, 2.75) is 117 Å². The van der Waals surface area contributed by atoms with E-state index in [0.29, 0.717) is 17.3 Å². The summed E-state index contributed by atoms with van der Waals surface area (Å²) in [7, 11) is 0. The molecule has 0 bridgehead atoms. The van der Waals surface area contributed by atoms with Crippen molar-refractivity contribution in [3.05, 3.63) is 11.6 Å². The molecule has 1 heterocycles. The monoisotopic (exact) mass is 426 g/mol. The van der Waals surface area contributed by atoms with Crippen molar-refractivity contribution >= 4 is 5.97 Å². The van der Waals surface area contributed by atoms with Crippen molar-refractivity contribution in [1.82, 2.24) is 0 Å². The lowest BCUT2D eigenvalue weighted by atomic mass is 9.46. The Balaban J connectivity index is 1.31. The lowest BCUT2D eigenvalue weighted by Gasteiger charge is -2.60. The van der Waals surface area contributed by atoms with Gasteiger partial charge in [-0.25, -0.2) is 0 Å². The predicted octanol–water partition coefficient (Wildman–Crippen LogP) is 7.71. The molecule has 0 unspecified atom stereocenters. The molecular weight excluding hydrogens is 380 g/mol. The third-order valence-corrected chi connectivity index (χ3v) is 11.2. The molecule has 4 aliphatic carbocycles. The Morgan fingerprint density at radius 2 is 1.77 bits per heavy atom. The molecule has 2 nitrogen and oxygen atoms in total.